The van der Waals surface area contributed by atoms with E-state index in [1.165, 1.54) is 12.8 Å². The summed E-state index contributed by atoms with van der Waals surface area (Å²) in [6.45, 7) is 11.4. The number of fused-ring (bicyclic) bond motifs is 3. The standard InChI is InChI=1S/C30H44N4O4/c1-30(2,3)29(37)34-21-25-9-4-5-11-26(25)38-18-8-10-24-20-33(28(36)22-34)16-12-23(24)19-27(35)31-13-17-32-14-6-7-15-32/h4-5,8-11,23-24H,6-7,12-22H2,1-3H3,(H,31,35)/b10-8-/t23-,24-/m0/s1. The van der Waals surface area contributed by atoms with Crippen molar-refractivity contribution in [3.63, 3.8) is 0 Å². The van der Waals surface area contributed by atoms with E-state index in [1.54, 1.807) is 4.90 Å². The Morgan fingerprint density at radius 1 is 1.08 bits per heavy atom. The summed E-state index contributed by atoms with van der Waals surface area (Å²) in [5.41, 5.74) is 0.274. The lowest BCUT2D eigenvalue weighted by Crippen LogP contribution is -2.50. The highest BCUT2D eigenvalue weighted by Crippen LogP contribution is 2.30. The van der Waals surface area contributed by atoms with E-state index in [0.717, 1.165) is 31.6 Å². The number of rotatable bonds is 5. The normalized spacial score (nSPS) is 23.9. The van der Waals surface area contributed by atoms with Crippen LogP contribution < -0.4 is 10.1 Å². The minimum Gasteiger partial charge on any atom is -0.489 e. The van der Waals surface area contributed by atoms with Gasteiger partial charge in [-0.2, -0.15) is 0 Å². The van der Waals surface area contributed by atoms with Crippen LogP contribution in [0.15, 0.2) is 36.4 Å². The smallest absolute Gasteiger partial charge is 0.242 e. The number of amides is 3. The fourth-order valence-corrected chi connectivity index (χ4v) is 5.68. The molecule has 0 spiro atoms. The van der Waals surface area contributed by atoms with Crippen molar-refractivity contribution in [1.82, 2.24) is 20.0 Å². The lowest BCUT2D eigenvalue weighted by atomic mass is 9.82. The van der Waals surface area contributed by atoms with E-state index in [2.05, 4.69) is 16.3 Å². The Hall–Kier alpha value is -2.87. The largest absolute Gasteiger partial charge is 0.489 e. The van der Waals surface area contributed by atoms with Crippen LogP contribution in [-0.2, 0) is 20.9 Å². The fraction of sp³-hybridized carbons (Fsp3) is 0.633. The summed E-state index contributed by atoms with van der Waals surface area (Å²) in [6, 6.07) is 7.69. The van der Waals surface area contributed by atoms with Gasteiger partial charge in [-0.15, -0.1) is 0 Å². The van der Waals surface area contributed by atoms with Crippen molar-refractivity contribution >= 4 is 17.7 Å². The molecule has 0 aliphatic carbocycles. The van der Waals surface area contributed by atoms with Crippen LogP contribution in [0, 0.1) is 17.3 Å². The summed E-state index contributed by atoms with van der Waals surface area (Å²) < 4.78 is 6.09. The van der Waals surface area contributed by atoms with Crippen molar-refractivity contribution in [1.29, 1.82) is 0 Å². The van der Waals surface area contributed by atoms with E-state index in [9.17, 15) is 14.4 Å². The molecular formula is C30H44N4O4. The third-order valence-electron chi connectivity index (χ3n) is 7.86. The third-order valence-corrected chi connectivity index (χ3v) is 7.86. The molecule has 0 aromatic heterocycles. The SMILES string of the molecule is CC(C)(C)C(=O)N1CC(=O)N2CC[C@@H](CC(=O)NCCN3CCCC3)[C@@H](/C=C\COc3ccccc3C1)C2. The number of carbonyl (C=O) groups is 3. The molecular weight excluding hydrogens is 480 g/mol. The Morgan fingerprint density at radius 2 is 1.84 bits per heavy atom. The van der Waals surface area contributed by atoms with Gasteiger partial charge in [0.15, 0.2) is 0 Å². The van der Waals surface area contributed by atoms with Crippen molar-refractivity contribution in [3.8, 4) is 5.75 Å². The van der Waals surface area contributed by atoms with E-state index < -0.39 is 5.41 Å². The molecule has 2 fully saturated rings. The quantitative estimate of drug-likeness (QED) is 0.599. The van der Waals surface area contributed by atoms with Crippen LogP contribution in [-0.4, -0.2) is 84.8 Å². The fourth-order valence-electron chi connectivity index (χ4n) is 5.68. The minimum absolute atomic E-state index is 0.0303. The van der Waals surface area contributed by atoms with Crippen LogP contribution in [0.4, 0.5) is 0 Å². The van der Waals surface area contributed by atoms with E-state index in [1.807, 2.05) is 56.0 Å². The molecule has 8 heteroatoms. The summed E-state index contributed by atoms with van der Waals surface area (Å²) in [5, 5.41) is 3.11. The summed E-state index contributed by atoms with van der Waals surface area (Å²) in [5.74, 6) is 0.901. The molecule has 0 radical (unpaired) electrons. The molecule has 8 nitrogen and oxygen atoms in total. The van der Waals surface area contributed by atoms with Gasteiger partial charge in [-0.25, -0.2) is 0 Å². The Balaban J connectivity index is 1.46. The van der Waals surface area contributed by atoms with Gasteiger partial charge in [0.1, 0.15) is 18.9 Å². The molecule has 1 N–H and O–H groups in total. The second-order valence-corrected chi connectivity index (χ2v) is 11.9. The Labute approximate surface area is 227 Å². The highest BCUT2D eigenvalue weighted by Gasteiger charge is 2.34. The zero-order chi connectivity index (χ0) is 27.1. The lowest BCUT2D eigenvalue weighted by molar-refractivity contribution is -0.147. The second-order valence-electron chi connectivity index (χ2n) is 11.9. The van der Waals surface area contributed by atoms with Gasteiger partial charge in [0.2, 0.25) is 17.7 Å². The van der Waals surface area contributed by atoms with Gasteiger partial charge in [0.05, 0.1) is 0 Å². The van der Waals surface area contributed by atoms with Crippen molar-refractivity contribution in [2.75, 3.05) is 52.4 Å². The monoisotopic (exact) mass is 524 g/mol. The third kappa shape index (κ3) is 7.59. The summed E-state index contributed by atoms with van der Waals surface area (Å²) in [4.78, 5) is 45.5. The average Bonchev–Trinajstić information content (AvgIpc) is 3.40. The van der Waals surface area contributed by atoms with Gasteiger partial charge in [-0.05, 0) is 50.3 Å². The van der Waals surface area contributed by atoms with Crippen LogP contribution in [0.2, 0.25) is 0 Å². The zero-order valence-corrected chi connectivity index (χ0v) is 23.3. The van der Waals surface area contributed by atoms with Gasteiger partial charge < -0.3 is 24.8 Å². The maximum atomic E-state index is 13.5. The number of carbonyl (C=O) groups excluding carboxylic acids is 3. The number of para-hydroxylation sites is 1. The summed E-state index contributed by atoms with van der Waals surface area (Å²) in [6.07, 6.45) is 7.82. The molecule has 0 unspecified atom stereocenters. The molecule has 3 aliphatic rings. The van der Waals surface area contributed by atoms with Crippen LogP contribution in [0.3, 0.4) is 0 Å². The first-order valence-electron chi connectivity index (χ1n) is 14.1. The van der Waals surface area contributed by atoms with Gasteiger partial charge >= 0.3 is 0 Å². The molecule has 1 aromatic carbocycles. The molecule has 1 aromatic rings. The van der Waals surface area contributed by atoms with Gasteiger partial charge in [-0.1, -0.05) is 51.1 Å². The van der Waals surface area contributed by atoms with Crippen LogP contribution in [0.1, 0.15) is 52.0 Å². The number of nitrogens with one attached hydrogen (secondary N) is 1. The predicted molar refractivity (Wildman–Crippen MR) is 147 cm³/mol. The van der Waals surface area contributed by atoms with Crippen molar-refractivity contribution in [2.45, 2.75) is 53.0 Å². The predicted octanol–water partition coefficient (Wildman–Crippen LogP) is 3.08. The number of hydrogen-bond donors (Lipinski definition) is 1. The lowest BCUT2D eigenvalue weighted by Gasteiger charge is -2.38. The van der Waals surface area contributed by atoms with E-state index >= 15 is 0 Å². The van der Waals surface area contributed by atoms with E-state index in [0.29, 0.717) is 45.0 Å². The highest BCUT2D eigenvalue weighted by atomic mass is 16.5. The molecule has 2 atom stereocenters. The van der Waals surface area contributed by atoms with Crippen molar-refractivity contribution in [2.24, 2.45) is 17.3 Å². The molecule has 3 aliphatic heterocycles. The zero-order valence-electron chi connectivity index (χ0n) is 23.3. The molecule has 38 heavy (non-hydrogen) atoms. The van der Waals surface area contributed by atoms with Crippen LogP contribution >= 0.6 is 0 Å². The highest BCUT2D eigenvalue weighted by molar-refractivity contribution is 5.87. The number of benzene rings is 1. The maximum absolute atomic E-state index is 13.5. The van der Waals surface area contributed by atoms with Crippen molar-refractivity contribution in [3.05, 3.63) is 42.0 Å². The number of likely N-dealkylation sites (tertiary alicyclic amines) is 1. The average molecular weight is 525 g/mol. The molecule has 0 saturated carbocycles. The first kappa shape index (κ1) is 28.1. The number of nitrogens with zero attached hydrogens (tertiary/aromatic N) is 3. The first-order valence-corrected chi connectivity index (χ1v) is 14.1. The summed E-state index contributed by atoms with van der Waals surface area (Å²) >= 11 is 0. The van der Waals surface area contributed by atoms with E-state index in [-0.39, 0.29) is 36.1 Å². The molecule has 2 bridgehead atoms. The molecule has 4 rings (SSSR count). The summed E-state index contributed by atoms with van der Waals surface area (Å²) in [7, 11) is 0. The number of hydrogen-bond acceptors (Lipinski definition) is 5. The number of piperidine rings is 1. The van der Waals surface area contributed by atoms with Gasteiger partial charge in [-0.3, -0.25) is 14.4 Å². The Bertz CT molecular complexity index is 1010. The van der Waals surface area contributed by atoms with Crippen LogP contribution in [0.25, 0.3) is 0 Å². The molecule has 3 amide bonds. The van der Waals surface area contributed by atoms with Gasteiger partial charge in [0.25, 0.3) is 0 Å². The van der Waals surface area contributed by atoms with Crippen LogP contribution in [0.5, 0.6) is 5.75 Å². The maximum Gasteiger partial charge on any atom is 0.242 e. The first-order chi connectivity index (χ1) is 18.2. The second kappa shape index (κ2) is 12.8. The molecule has 3 heterocycles. The Kier molecular flexibility index (Phi) is 9.47. The van der Waals surface area contributed by atoms with Gasteiger partial charge in [0, 0.05) is 50.1 Å². The Morgan fingerprint density at radius 3 is 2.61 bits per heavy atom. The van der Waals surface area contributed by atoms with E-state index in [4.69, 9.17) is 4.74 Å². The molecule has 2 saturated heterocycles. The number of ether oxygens (including phenoxy) is 1. The minimum atomic E-state index is -0.608. The van der Waals surface area contributed by atoms with Crippen molar-refractivity contribution < 1.29 is 19.1 Å². The topological polar surface area (TPSA) is 82.2 Å². The molecule has 208 valence electrons.